The zero-order chi connectivity index (χ0) is 14.7. The van der Waals surface area contributed by atoms with Crippen LogP contribution in [0.4, 0.5) is 0 Å². The minimum Gasteiger partial charge on any atom is -0.396 e. The Morgan fingerprint density at radius 2 is 1.71 bits per heavy atom. The molecule has 0 aromatic rings. The van der Waals surface area contributed by atoms with Crippen LogP contribution in [0, 0.1) is 5.41 Å². The molecule has 1 heterocycles. The van der Waals surface area contributed by atoms with E-state index in [1.807, 2.05) is 0 Å². The molecule has 2 saturated carbocycles. The van der Waals surface area contributed by atoms with Crippen molar-refractivity contribution in [3.63, 3.8) is 0 Å². The molecule has 2 N–H and O–H groups in total. The van der Waals surface area contributed by atoms with Crippen molar-refractivity contribution in [1.82, 2.24) is 10.2 Å². The second-order valence-electron chi connectivity index (χ2n) is 8.03. The highest BCUT2D eigenvalue weighted by Crippen LogP contribution is 2.38. The Kier molecular flexibility index (Phi) is 5.23. The molecule has 3 rings (SSSR count). The van der Waals surface area contributed by atoms with Crippen LogP contribution in [0.25, 0.3) is 0 Å². The van der Waals surface area contributed by atoms with Gasteiger partial charge in [0.05, 0.1) is 0 Å². The van der Waals surface area contributed by atoms with Crippen LogP contribution in [0.15, 0.2) is 0 Å². The first-order chi connectivity index (χ1) is 10.2. The Morgan fingerprint density at radius 3 is 2.38 bits per heavy atom. The SMILES string of the molecule is CC1(CO)CCCC1NC1CCN(C2CCCCC2)CC1. The molecule has 122 valence electrons. The third-order valence-corrected chi connectivity index (χ3v) is 6.50. The summed E-state index contributed by atoms with van der Waals surface area (Å²) in [6.45, 7) is 5.16. The van der Waals surface area contributed by atoms with Crippen LogP contribution in [-0.2, 0) is 0 Å². The predicted molar refractivity (Wildman–Crippen MR) is 87.4 cm³/mol. The van der Waals surface area contributed by atoms with Gasteiger partial charge >= 0.3 is 0 Å². The maximum Gasteiger partial charge on any atom is 0.0499 e. The maximum atomic E-state index is 9.69. The summed E-state index contributed by atoms with van der Waals surface area (Å²) in [4.78, 5) is 2.76. The summed E-state index contributed by atoms with van der Waals surface area (Å²) in [6, 6.07) is 2.10. The van der Waals surface area contributed by atoms with Crippen molar-refractivity contribution >= 4 is 0 Å². The van der Waals surface area contributed by atoms with Crippen LogP contribution in [0.5, 0.6) is 0 Å². The highest BCUT2D eigenvalue weighted by atomic mass is 16.3. The van der Waals surface area contributed by atoms with E-state index < -0.39 is 0 Å². The lowest BCUT2D eigenvalue weighted by atomic mass is 9.84. The molecule has 2 unspecified atom stereocenters. The van der Waals surface area contributed by atoms with E-state index >= 15 is 0 Å². The number of aliphatic hydroxyl groups is 1. The lowest BCUT2D eigenvalue weighted by molar-refractivity contribution is 0.0870. The summed E-state index contributed by atoms with van der Waals surface area (Å²) < 4.78 is 0. The molecule has 3 nitrogen and oxygen atoms in total. The van der Waals surface area contributed by atoms with Crippen LogP contribution >= 0.6 is 0 Å². The quantitative estimate of drug-likeness (QED) is 0.837. The Bertz CT molecular complexity index is 321. The number of piperidine rings is 1. The van der Waals surface area contributed by atoms with Gasteiger partial charge in [-0.05, 0) is 51.6 Å². The molecule has 21 heavy (non-hydrogen) atoms. The molecule has 3 fully saturated rings. The van der Waals surface area contributed by atoms with E-state index in [0.717, 1.165) is 6.04 Å². The number of rotatable bonds is 4. The highest BCUT2D eigenvalue weighted by Gasteiger charge is 2.39. The largest absolute Gasteiger partial charge is 0.396 e. The fourth-order valence-corrected chi connectivity index (χ4v) is 4.87. The van der Waals surface area contributed by atoms with Gasteiger partial charge in [-0.25, -0.2) is 0 Å². The Hall–Kier alpha value is -0.120. The molecule has 0 aromatic heterocycles. The molecule has 1 aliphatic heterocycles. The van der Waals surface area contributed by atoms with Crippen molar-refractivity contribution in [2.24, 2.45) is 5.41 Å². The monoisotopic (exact) mass is 294 g/mol. The van der Waals surface area contributed by atoms with Crippen molar-refractivity contribution in [1.29, 1.82) is 0 Å². The zero-order valence-electron chi connectivity index (χ0n) is 13.8. The summed E-state index contributed by atoms with van der Waals surface area (Å²) in [7, 11) is 0. The third kappa shape index (κ3) is 3.62. The van der Waals surface area contributed by atoms with E-state index in [0.29, 0.717) is 18.7 Å². The van der Waals surface area contributed by atoms with E-state index in [1.54, 1.807) is 0 Å². The van der Waals surface area contributed by atoms with E-state index in [2.05, 4.69) is 17.1 Å². The average molecular weight is 294 g/mol. The lowest BCUT2D eigenvalue weighted by Crippen LogP contribution is -2.52. The van der Waals surface area contributed by atoms with Crippen molar-refractivity contribution in [2.45, 2.75) is 89.3 Å². The first-order valence-corrected chi connectivity index (χ1v) is 9.32. The van der Waals surface area contributed by atoms with Gasteiger partial charge in [0.15, 0.2) is 0 Å². The average Bonchev–Trinajstić information content (AvgIpc) is 2.91. The molecule has 0 spiro atoms. The number of nitrogens with zero attached hydrogens (tertiary/aromatic N) is 1. The standard InChI is InChI=1S/C18H34N2O/c1-18(14-21)11-5-8-17(18)19-15-9-12-20(13-10-15)16-6-3-2-4-7-16/h15-17,19,21H,2-14H2,1H3. The Morgan fingerprint density at radius 1 is 1.00 bits per heavy atom. The van der Waals surface area contributed by atoms with E-state index in [1.165, 1.54) is 77.3 Å². The fourth-order valence-electron chi connectivity index (χ4n) is 4.87. The van der Waals surface area contributed by atoms with Gasteiger partial charge in [0.2, 0.25) is 0 Å². The third-order valence-electron chi connectivity index (χ3n) is 6.50. The highest BCUT2D eigenvalue weighted by molar-refractivity contribution is 4.95. The summed E-state index contributed by atoms with van der Waals surface area (Å²) >= 11 is 0. The molecule has 2 aliphatic carbocycles. The van der Waals surface area contributed by atoms with E-state index in [4.69, 9.17) is 0 Å². The van der Waals surface area contributed by atoms with Crippen molar-refractivity contribution in [2.75, 3.05) is 19.7 Å². The Labute approximate surface area is 130 Å². The maximum absolute atomic E-state index is 9.69. The van der Waals surface area contributed by atoms with Gasteiger partial charge in [0, 0.05) is 30.1 Å². The molecular formula is C18H34N2O. The smallest absolute Gasteiger partial charge is 0.0499 e. The van der Waals surface area contributed by atoms with Gasteiger partial charge in [-0.1, -0.05) is 32.6 Å². The second-order valence-corrected chi connectivity index (χ2v) is 8.03. The van der Waals surface area contributed by atoms with Crippen molar-refractivity contribution in [3.05, 3.63) is 0 Å². The molecule has 0 radical (unpaired) electrons. The van der Waals surface area contributed by atoms with Crippen molar-refractivity contribution < 1.29 is 5.11 Å². The molecule has 0 bridgehead atoms. The topological polar surface area (TPSA) is 35.5 Å². The van der Waals surface area contributed by atoms with Gasteiger partial charge in [-0.15, -0.1) is 0 Å². The normalized spacial score (nSPS) is 37.1. The van der Waals surface area contributed by atoms with E-state index in [-0.39, 0.29) is 5.41 Å². The van der Waals surface area contributed by atoms with Crippen LogP contribution < -0.4 is 5.32 Å². The van der Waals surface area contributed by atoms with Crippen LogP contribution in [0.2, 0.25) is 0 Å². The molecular weight excluding hydrogens is 260 g/mol. The number of aliphatic hydroxyl groups excluding tert-OH is 1. The molecule has 3 aliphatic rings. The minimum atomic E-state index is 0.126. The van der Waals surface area contributed by atoms with Gasteiger partial charge in [0.1, 0.15) is 0 Å². The van der Waals surface area contributed by atoms with E-state index in [9.17, 15) is 5.11 Å². The predicted octanol–water partition coefficient (Wildman–Crippen LogP) is 2.92. The summed E-state index contributed by atoms with van der Waals surface area (Å²) in [5.74, 6) is 0. The van der Waals surface area contributed by atoms with Gasteiger partial charge in [0.25, 0.3) is 0 Å². The van der Waals surface area contributed by atoms with Gasteiger partial charge in [-0.2, -0.15) is 0 Å². The fraction of sp³-hybridized carbons (Fsp3) is 1.00. The zero-order valence-corrected chi connectivity index (χ0v) is 13.8. The number of likely N-dealkylation sites (tertiary alicyclic amines) is 1. The molecule has 3 heteroatoms. The lowest BCUT2D eigenvalue weighted by Gasteiger charge is -2.41. The number of hydrogen-bond donors (Lipinski definition) is 2. The molecule has 2 atom stereocenters. The van der Waals surface area contributed by atoms with Crippen LogP contribution in [0.3, 0.4) is 0 Å². The van der Waals surface area contributed by atoms with Crippen LogP contribution in [0.1, 0.15) is 71.1 Å². The minimum absolute atomic E-state index is 0.126. The summed E-state index contributed by atoms with van der Waals surface area (Å²) in [6.07, 6.45) is 13.5. The molecule has 0 aromatic carbocycles. The van der Waals surface area contributed by atoms with Crippen molar-refractivity contribution in [3.8, 4) is 0 Å². The second kappa shape index (κ2) is 6.97. The molecule has 0 amide bonds. The number of hydrogen-bond acceptors (Lipinski definition) is 3. The van der Waals surface area contributed by atoms with Gasteiger partial charge < -0.3 is 15.3 Å². The Balaban J connectivity index is 1.45. The van der Waals surface area contributed by atoms with Crippen LogP contribution in [-0.4, -0.2) is 47.8 Å². The summed E-state index contributed by atoms with van der Waals surface area (Å²) in [5.41, 5.74) is 0.126. The first-order valence-electron chi connectivity index (χ1n) is 9.32. The van der Waals surface area contributed by atoms with Gasteiger partial charge in [-0.3, -0.25) is 0 Å². The summed E-state index contributed by atoms with van der Waals surface area (Å²) in [5, 5.41) is 13.6. The molecule has 1 saturated heterocycles. The first kappa shape index (κ1) is 15.8. The number of nitrogens with one attached hydrogen (secondary N) is 1.